The smallest absolute Gasteiger partial charge is 0.407 e. The maximum Gasteiger partial charge on any atom is 0.493 e. The first-order valence-electron chi connectivity index (χ1n) is 7.73. The van der Waals surface area contributed by atoms with Crippen molar-refractivity contribution in [3.8, 4) is 17.2 Å². The summed E-state index contributed by atoms with van der Waals surface area (Å²) in [5, 5.41) is 9.14. The summed E-state index contributed by atoms with van der Waals surface area (Å²) in [5.41, 5.74) is -0.321. The van der Waals surface area contributed by atoms with E-state index < -0.39 is 24.6 Å². The van der Waals surface area contributed by atoms with Crippen molar-refractivity contribution in [1.82, 2.24) is 0 Å². The molecule has 1 aliphatic rings. The Morgan fingerprint density at radius 3 is 2.36 bits per heavy atom. The molecule has 0 atom stereocenters. The van der Waals surface area contributed by atoms with E-state index in [0.717, 1.165) is 12.1 Å². The molecule has 0 amide bonds. The number of halogens is 3. The third-order valence-corrected chi connectivity index (χ3v) is 3.96. The van der Waals surface area contributed by atoms with Crippen molar-refractivity contribution in [2.75, 3.05) is 13.2 Å². The van der Waals surface area contributed by atoms with Crippen LogP contribution in [0.3, 0.4) is 0 Å². The van der Waals surface area contributed by atoms with Gasteiger partial charge in [-0.2, -0.15) is 5.26 Å². The highest BCUT2D eigenvalue weighted by Gasteiger charge is 2.34. The Kier molecular flexibility index (Phi) is 4.59. The van der Waals surface area contributed by atoms with Gasteiger partial charge in [-0.05, 0) is 17.6 Å². The van der Waals surface area contributed by atoms with Crippen LogP contribution in [0.5, 0.6) is 0 Å². The second-order valence-electron chi connectivity index (χ2n) is 6.78. The van der Waals surface area contributed by atoms with Crippen LogP contribution in [0.25, 0.3) is 11.1 Å². The molecule has 0 aliphatic carbocycles. The van der Waals surface area contributed by atoms with E-state index in [4.69, 9.17) is 14.6 Å². The molecule has 0 unspecified atom stereocenters. The molecule has 7 heteroatoms. The summed E-state index contributed by atoms with van der Waals surface area (Å²) in [6.45, 7) is 4.90. The van der Waals surface area contributed by atoms with Gasteiger partial charge in [0, 0.05) is 35.8 Å². The van der Waals surface area contributed by atoms with Gasteiger partial charge < -0.3 is 9.31 Å². The van der Waals surface area contributed by atoms with Crippen LogP contribution in [-0.4, -0.2) is 20.3 Å². The summed E-state index contributed by atoms with van der Waals surface area (Å²) in [7, 11) is -0.707. The third kappa shape index (κ3) is 3.55. The van der Waals surface area contributed by atoms with Crippen molar-refractivity contribution >= 4 is 12.6 Å². The first-order chi connectivity index (χ1) is 11.8. The Balaban J connectivity index is 2.04. The molecule has 3 rings (SSSR count). The predicted molar refractivity (Wildman–Crippen MR) is 87.5 cm³/mol. The van der Waals surface area contributed by atoms with E-state index in [1.54, 1.807) is 6.07 Å². The van der Waals surface area contributed by atoms with Crippen LogP contribution < -0.4 is 5.46 Å². The van der Waals surface area contributed by atoms with E-state index in [0.29, 0.717) is 24.7 Å². The second kappa shape index (κ2) is 6.55. The average Bonchev–Trinajstić information content (AvgIpc) is 2.55. The zero-order chi connectivity index (χ0) is 18.2. The number of benzene rings is 2. The third-order valence-electron chi connectivity index (χ3n) is 3.96. The Morgan fingerprint density at radius 2 is 1.72 bits per heavy atom. The second-order valence-corrected chi connectivity index (χ2v) is 6.78. The molecule has 1 fully saturated rings. The van der Waals surface area contributed by atoms with Crippen molar-refractivity contribution in [3.63, 3.8) is 0 Å². The van der Waals surface area contributed by atoms with Crippen LogP contribution in [0.2, 0.25) is 0 Å². The lowest BCUT2D eigenvalue weighted by Crippen LogP contribution is -2.47. The number of rotatable bonds is 2. The summed E-state index contributed by atoms with van der Waals surface area (Å²) in [6, 6.07) is 7.21. The fraction of sp³-hybridized carbons (Fsp3) is 0.278. The number of hydrogen-bond donors (Lipinski definition) is 0. The molecule has 0 radical (unpaired) electrons. The first kappa shape index (κ1) is 17.5. The van der Waals surface area contributed by atoms with Gasteiger partial charge in [0.1, 0.15) is 17.5 Å². The fourth-order valence-corrected chi connectivity index (χ4v) is 2.70. The number of nitrogens with zero attached hydrogens (tertiary/aromatic N) is 1. The van der Waals surface area contributed by atoms with E-state index in [2.05, 4.69) is 0 Å². The highest BCUT2D eigenvalue weighted by Crippen LogP contribution is 2.30. The average molecular weight is 345 g/mol. The first-order valence-corrected chi connectivity index (χ1v) is 7.73. The van der Waals surface area contributed by atoms with Gasteiger partial charge in [0.15, 0.2) is 0 Å². The monoisotopic (exact) mass is 345 g/mol. The summed E-state index contributed by atoms with van der Waals surface area (Å²) >= 11 is 0. The summed E-state index contributed by atoms with van der Waals surface area (Å²) in [6.07, 6.45) is 0. The lowest BCUT2D eigenvalue weighted by atomic mass is 9.75. The molecule has 0 N–H and O–H groups in total. The predicted octanol–water partition coefficient (Wildman–Crippen LogP) is 3.41. The van der Waals surface area contributed by atoms with Gasteiger partial charge in [-0.1, -0.05) is 26.0 Å². The molecular formula is C18H15BF3NO2. The molecule has 1 heterocycles. The molecule has 2 aromatic rings. The standard InChI is InChI=1S/C18H15BF3NO2/c1-18(2)9-24-19(25-10-18)12-3-4-15(21)14(6-12)17-11(8-23)5-13(20)7-16(17)22/h3-7H,9-10H2,1-2H3. The SMILES string of the molecule is CC1(C)COB(c2ccc(F)c(-c3c(F)cc(F)cc3C#N)c2)OC1. The highest BCUT2D eigenvalue weighted by atomic mass is 19.1. The topological polar surface area (TPSA) is 42.2 Å². The van der Waals surface area contributed by atoms with Crippen molar-refractivity contribution < 1.29 is 22.5 Å². The van der Waals surface area contributed by atoms with E-state index in [1.807, 2.05) is 13.8 Å². The fourth-order valence-electron chi connectivity index (χ4n) is 2.70. The lowest BCUT2D eigenvalue weighted by molar-refractivity contribution is 0.0343. The molecule has 1 aliphatic heterocycles. The maximum absolute atomic E-state index is 14.3. The maximum atomic E-state index is 14.3. The van der Waals surface area contributed by atoms with Crippen LogP contribution in [0, 0.1) is 34.2 Å². The van der Waals surface area contributed by atoms with Crippen LogP contribution in [0.4, 0.5) is 13.2 Å². The van der Waals surface area contributed by atoms with E-state index in [-0.39, 0.29) is 22.1 Å². The van der Waals surface area contributed by atoms with Gasteiger partial charge in [0.05, 0.1) is 11.6 Å². The number of hydrogen-bond acceptors (Lipinski definition) is 3. The molecule has 25 heavy (non-hydrogen) atoms. The number of nitriles is 1. The lowest BCUT2D eigenvalue weighted by Gasteiger charge is -2.33. The minimum atomic E-state index is -1.00. The van der Waals surface area contributed by atoms with Crippen molar-refractivity contribution in [2.24, 2.45) is 5.41 Å². The van der Waals surface area contributed by atoms with Crippen molar-refractivity contribution in [2.45, 2.75) is 13.8 Å². The van der Waals surface area contributed by atoms with Crippen LogP contribution in [-0.2, 0) is 9.31 Å². The molecule has 0 aromatic heterocycles. The Labute approximate surface area is 144 Å². The van der Waals surface area contributed by atoms with Gasteiger partial charge in [-0.15, -0.1) is 0 Å². The highest BCUT2D eigenvalue weighted by molar-refractivity contribution is 6.61. The quantitative estimate of drug-likeness (QED) is 0.784. The molecule has 0 bridgehead atoms. The van der Waals surface area contributed by atoms with Crippen LogP contribution >= 0.6 is 0 Å². The van der Waals surface area contributed by atoms with Gasteiger partial charge in [0.2, 0.25) is 0 Å². The van der Waals surface area contributed by atoms with Crippen LogP contribution in [0.1, 0.15) is 19.4 Å². The summed E-state index contributed by atoms with van der Waals surface area (Å²) in [4.78, 5) is 0. The molecule has 0 saturated carbocycles. The zero-order valence-corrected chi connectivity index (χ0v) is 13.8. The van der Waals surface area contributed by atoms with Crippen molar-refractivity contribution in [3.05, 3.63) is 53.3 Å². The Hall–Kier alpha value is -2.30. The zero-order valence-electron chi connectivity index (χ0n) is 13.8. The Morgan fingerprint density at radius 1 is 1.04 bits per heavy atom. The van der Waals surface area contributed by atoms with Gasteiger partial charge in [0.25, 0.3) is 0 Å². The normalized spacial score (nSPS) is 16.6. The minimum Gasteiger partial charge on any atom is -0.407 e. The summed E-state index contributed by atoms with van der Waals surface area (Å²) < 4.78 is 53.1. The van der Waals surface area contributed by atoms with E-state index in [1.165, 1.54) is 12.1 Å². The molecular weight excluding hydrogens is 330 g/mol. The molecule has 128 valence electrons. The van der Waals surface area contributed by atoms with Gasteiger partial charge in [-0.25, -0.2) is 13.2 Å². The molecule has 2 aromatic carbocycles. The molecule has 1 saturated heterocycles. The van der Waals surface area contributed by atoms with Crippen LogP contribution in [0.15, 0.2) is 30.3 Å². The molecule has 3 nitrogen and oxygen atoms in total. The Bertz CT molecular complexity index is 854. The van der Waals surface area contributed by atoms with Gasteiger partial charge >= 0.3 is 7.12 Å². The summed E-state index contributed by atoms with van der Waals surface area (Å²) in [5.74, 6) is -2.61. The van der Waals surface area contributed by atoms with E-state index in [9.17, 15) is 13.2 Å². The minimum absolute atomic E-state index is 0.129. The van der Waals surface area contributed by atoms with E-state index >= 15 is 0 Å². The molecule has 0 spiro atoms. The van der Waals surface area contributed by atoms with Crippen molar-refractivity contribution in [1.29, 1.82) is 5.26 Å². The largest absolute Gasteiger partial charge is 0.493 e. The van der Waals surface area contributed by atoms with Gasteiger partial charge in [-0.3, -0.25) is 0 Å².